The topological polar surface area (TPSA) is 101 Å². The molecule has 0 atom stereocenters. The molecule has 1 saturated carbocycles. The Kier molecular flexibility index (Phi) is 4.48. The van der Waals surface area contributed by atoms with Crippen LogP contribution in [0, 0.1) is 16.0 Å². The highest BCUT2D eigenvalue weighted by atomic mass is 32.2. The van der Waals surface area contributed by atoms with E-state index in [1.54, 1.807) is 6.92 Å². The number of hydrogen-bond acceptors (Lipinski definition) is 5. The fourth-order valence-electron chi connectivity index (χ4n) is 2.48. The molecule has 8 heteroatoms. The molecule has 0 spiro atoms. The average Bonchev–Trinajstić information content (AvgIpc) is 2.36. The Morgan fingerprint density at radius 2 is 2.05 bits per heavy atom. The molecule has 0 heterocycles. The number of anilines is 1. The smallest absolute Gasteiger partial charge is 0.271 e. The third-order valence-electron chi connectivity index (χ3n) is 3.53. The molecule has 1 aromatic carbocycles. The summed E-state index contributed by atoms with van der Waals surface area (Å²) in [5.41, 5.74) is 0.119. The van der Waals surface area contributed by atoms with Crippen molar-refractivity contribution in [2.75, 3.05) is 11.9 Å². The van der Waals surface area contributed by atoms with Gasteiger partial charge in [0.05, 0.1) is 10.6 Å². The summed E-state index contributed by atoms with van der Waals surface area (Å²) in [4.78, 5) is 10.3. The third kappa shape index (κ3) is 3.51. The van der Waals surface area contributed by atoms with Crippen LogP contribution in [0.3, 0.4) is 0 Å². The number of nitro groups is 1. The van der Waals surface area contributed by atoms with Crippen molar-refractivity contribution in [1.29, 1.82) is 0 Å². The Morgan fingerprint density at radius 1 is 1.38 bits per heavy atom. The summed E-state index contributed by atoms with van der Waals surface area (Å²) >= 11 is 0. The van der Waals surface area contributed by atoms with Crippen molar-refractivity contribution in [2.24, 2.45) is 5.92 Å². The van der Waals surface area contributed by atoms with E-state index in [0.29, 0.717) is 12.5 Å². The van der Waals surface area contributed by atoms with Crippen LogP contribution in [0.25, 0.3) is 0 Å². The van der Waals surface area contributed by atoms with Crippen molar-refractivity contribution in [3.05, 3.63) is 28.3 Å². The number of nitrogens with one attached hydrogen (secondary N) is 2. The second kappa shape index (κ2) is 5.98. The van der Waals surface area contributed by atoms with Gasteiger partial charge in [0.2, 0.25) is 10.0 Å². The van der Waals surface area contributed by atoms with Gasteiger partial charge in [0.25, 0.3) is 5.69 Å². The number of nitrogens with zero attached hydrogens (tertiary/aromatic N) is 1. The van der Waals surface area contributed by atoms with Gasteiger partial charge in [0.15, 0.2) is 0 Å². The zero-order valence-electron chi connectivity index (χ0n) is 12.0. The SMILES string of the molecule is CCNc1cc([N+](=O)[O-])ccc1S(=O)(=O)NC1CC(C)C1. The van der Waals surface area contributed by atoms with Crippen molar-refractivity contribution >= 4 is 21.4 Å². The fraction of sp³-hybridized carbons (Fsp3) is 0.538. The second-order valence-electron chi connectivity index (χ2n) is 5.36. The predicted molar refractivity (Wildman–Crippen MR) is 79.8 cm³/mol. The largest absolute Gasteiger partial charge is 0.384 e. The van der Waals surface area contributed by atoms with Crippen LogP contribution in [0.15, 0.2) is 23.1 Å². The van der Waals surface area contributed by atoms with Gasteiger partial charge in [-0.3, -0.25) is 10.1 Å². The lowest BCUT2D eigenvalue weighted by Crippen LogP contribution is -2.43. The van der Waals surface area contributed by atoms with E-state index < -0.39 is 14.9 Å². The molecule has 0 aliphatic heterocycles. The summed E-state index contributed by atoms with van der Waals surface area (Å²) in [6.45, 7) is 4.35. The zero-order chi connectivity index (χ0) is 15.6. The third-order valence-corrected chi connectivity index (χ3v) is 5.10. The van der Waals surface area contributed by atoms with E-state index in [1.807, 2.05) is 0 Å². The monoisotopic (exact) mass is 313 g/mol. The van der Waals surface area contributed by atoms with E-state index in [2.05, 4.69) is 17.0 Å². The van der Waals surface area contributed by atoms with Gasteiger partial charge in [-0.15, -0.1) is 0 Å². The molecule has 1 aliphatic rings. The Labute approximate surface area is 123 Å². The highest BCUT2D eigenvalue weighted by molar-refractivity contribution is 7.89. The van der Waals surface area contributed by atoms with Gasteiger partial charge in [-0.05, 0) is 31.7 Å². The molecule has 21 heavy (non-hydrogen) atoms. The Morgan fingerprint density at radius 3 is 2.57 bits per heavy atom. The summed E-state index contributed by atoms with van der Waals surface area (Å²) in [6, 6.07) is 3.69. The van der Waals surface area contributed by atoms with Gasteiger partial charge >= 0.3 is 0 Å². The van der Waals surface area contributed by atoms with E-state index in [9.17, 15) is 18.5 Å². The van der Waals surface area contributed by atoms with E-state index in [-0.39, 0.29) is 22.3 Å². The van der Waals surface area contributed by atoms with Crippen molar-refractivity contribution in [2.45, 2.75) is 37.6 Å². The van der Waals surface area contributed by atoms with Gasteiger partial charge in [0, 0.05) is 24.7 Å². The molecule has 2 rings (SSSR count). The van der Waals surface area contributed by atoms with Crippen LogP contribution in [-0.2, 0) is 10.0 Å². The molecule has 0 bridgehead atoms. The van der Waals surface area contributed by atoms with E-state index >= 15 is 0 Å². The highest BCUT2D eigenvalue weighted by Gasteiger charge is 2.31. The summed E-state index contributed by atoms with van der Waals surface area (Å²) in [6.07, 6.45) is 1.64. The maximum Gasteiger partial charge on any atom is 0.271 e. The van der Waals surface area contributed by atoms with Crippen molar-refractivity contribution in [3.8, 4) is 0 Å². The lowest BCUT2D eigenvalue weighted by molar-refractivity contribution is -0.384. The highest BCUT2D eigenvalue weighted by Crippen LogP contribution is 2.30. The van der Waals surface area contributed by atoms with E-state index in [4.69, 9.17) is 0 Å². The van der Waals surface area contributed by atoms with Gasteiger partial charge in [-0.25, -0.2) is 13.1 Å². The Hall–Kier alpha value is -1.67. The molecule has 1 aliphatic carbocycles. The summed E-state index contributed by atoms with van der Waals surface area (Å²) in [5, 5.41) is 13.7. The number of rotatable bonds is 6. The maximum atomic E-state index is 12.4. The molecular formula is C13H19N3O4S. The second-order valence-corrected chi connectivity index (χ2v) is 7.05. The number of benzene rings is 1. The summed E-state index contributed by atoms with van der Waals surface area (Å²) < 4.78 is 27.4. The molecule has 116 valence electrons. The lowest BCUT2D eigenvalue weighted by Gasteiger charge is -2.33. The standard InChI is InChI=1S/C13H19N3O4S/c1-3-14-12-8-11(16(17)18)4-5-13(12)21(19,20)15-10-6-9(2)7-10/h4-5,8-10,14-15H,3,6-7H2,1-2H3. The van der Waals surface area contributed by atoms with Crippen molar-refractivity contribution in [3.63, 3.8) is 0 Å². The molecule has 1 fully saturated rings. The average molecular weight is 313 g/mol. The Bertz CT molecular complexity index is 639. The molecule has 1 aromatic rings. The molecule has 0 radical (unpaired) electrons. The molecule has 7 nitrogen and oxygen atoms in total. The van der Waals surface area contributed by atoms with Crippen LogP contribution in [-0.4, -0.2) is 25.9 Å². The maximum absolute atomic E-state index is 12.4. The van der Waals surface area contributed by atoms with Gasteiger partial charge in [0.1, 0.15) is 4.90 Å². The first kappa shape index (κ1) is 15.7. The number of nitro benzene ring substituents is 1. The minimum absolute atomic E-state index is 0.0466. The minimum Gasteiger partial charge on any atom is -0.384 e. The van der Waals surface area contributed by atoms with Crippen LogP contribution < -0.4 is 10.0 Å². The fourth-order valence-corrected chi connectivity index (χ4v) is 3.90. The first-order chi connectivity index (χ1) is 9.83. The van der Waals surface area contributed by atoms with Gasteiger partial charge < -0.3 is 5.32 Å². The van der Waals surface area contributed by atoms with Crippen LogP contribution in [0.5, 0.6) is 0 Å². The summed E-state index contributed by atoms with van der Waals surface area (Å²) in [5.74, 6) is 0.530. The quantitative estimate of drug-likeness (QED) is 0.618. The molecular weight excluding hydrogens is 294 g/mol. The molecule has 2 N–H and O–H groups in total. The van der Waals surface area contributed by atoms with Gasteiger partial charge in [-0.2, -0.15) is 0 Å². The van der Waals surface area contributed by atoms with Crippen LogP contribution in [0.2, 0.25) is 0 Å². The molecule has 0 aromatic heterocycles. The minimum atomic E-state index is -3.67. The molecule has 0 amide bonds. The number of non-ortho nitro benzene ring substituents is 1. The van der Waals surface area contributed by atoms with Crippen LogP contribution in [0.4, 0.5) is 11.4 Å². The van der Waals surface area contributed by atoms with Crippen LogP contribution in [0.1, 0.15) is 26.7 Å². The van der Waals surface area contributed by atoms with E-state index in [0.717, 1.165) is 12.8 Å². The number of hydrogen-bond donors (Lipinski definition) is 2. The lowest BCUT2D eigenvalue weighted by atomic mass is 9.83. The normalized spacial score (nSPS) is 21.6. The zero-order valence-corrected chi connectivity index (χ0v) is 12.8. The molecule has 0 unspecified atom stereocenters. The number of sulfonamides is 1. The molecule has 0 saturated heterocycles. The first-order valence-corrected chi connectivity index (χ1v) is 8.36. The van der Waals surface area contributed by atoms with Crippen molar-refractivity contribution in [1.82, 2.24) is 4.72 Å². The van der Waals surface area contributed by atoms with Gasteiger partial charge in [-0.1, -0.05) is 6.92 Å². The first-order valence-electron chi connectivity index (χ1n) is 6.88. The van der Waals surface area contributed by atoms with E-state index in [1.165, 1.54) is 18.2 Å². The van der Waals surface area contributed by atoms with Crippen LogP contribution >= 0.6 is 0 Å². The predicted octanol–water partition coefficient (Wildman–Crippen LogP) is 2.10. The Balaban J connectivity index is 2.30. The summed E-state index contributed by atoms with van der Waals surface area (Å²) in [7, 11) is -3.67. The van der Waals surface area contributed by atoms with Crippen molar-refractivity contribution < 1.29 is 13.3 Å².